The SMILES string of the molecule is C=CCC(C=C)C(=O)S(=O)(=O)O. The third kappa shape index (κ3) is 2.98. The predicted octanol–water partition coefficient (Wildman–Crippen LogP) is 0.779. The Labute approximate surface area is 71.3 Å². The van der Waals surface area contributed by atoms with Crippen LogP contribution in [0.15, 0.2) is 25.3 Å². The lowest BCUT2D eigenvalue weighted by atomic mass is 10.1. The van der Waals surface area contributed by atoms with Crippen LogP contribution in [0.3, 0.4) is 0 Å². The molecule has 0 aliphatic rings. The molecule has 12 heavy (non-hydrogen) atoms. The molecule has 0 saturated heterocycles. The second-order valence-electron chi connectivity index (χ2n) is 2.16. The van der Waals surface area contributed by atoms with E-state index in [-0.39, 0.29) is 6.42 Å². The monoisotopic (exact) mass is 190 g/mol. The highest BCUT2D eigenvalue weighted by Crippen LogP contribution is 2.09. The van der Waals surface area contributed by atoms with Gasteiger partial charge in [-0.15, -0.1) is 13.2 Å². The Balaban J connectivity index is 4.65. The van der Waals surface area contributed by atoms with Gasteiger partial charge in [0.2, 0.25) is 0 Å². The summed E-state index contributed by atoms with van der Waals surface area (Å²) in [7, 11) is -4.59. The van der Waals surface area contributed by atoms with Crippen LogP contribution in [0.2, 0.25) is 0 Å². The molecule has 0 aliphatic carbocycles. The summed E-state index contributed by atoms with van der Waals surface area (Å²) in [5.41, 5.74) is 0. The van der Waals surface area contributed by atoms with Gasteiger partial charge in [-0.05, 0) is 6.42 Å². The highest BCUT2D eigenvalue weighted by atomic mass is 32.2. The molecule has 0 fully saturated rings. The van der Waals surface area contributed by atoms with Gasteiger partial charge in [0.25, 0.3) is 5.12 Å². The largest absolute Gasteiger partial charge is 0.329 e. The summed E-state index contributed by atoms with van der Waals surface area (Å²) in [6, 6.07) is 0. The van der Waals surface area contributed by atoms with Gasteiger partial charge >= 0.3 is 10.1 Å². The topological polar surface area (TPSA) is 71.4 Å². The van der Waals surface area contributed by atoms with E-state index >= 15 is 0 Å². The quantitative estimate of drug-likeness (QED) is 0.525. The molecule has 1 N–H and O–H groups in total. The van der Waals surface area contributed by atoms with Gasteiger partial charge in [0.05, 0.1) is 5.92 Å². The Morgan fingerprint density at radius 1 is 1.50 bits per heavy atom. The summed E-state index contributed by atoms with van der Waals surface area (Å²) in [5, 5.41) is -1.24. The van der Waals surface area contributed by atoms with Gasteiger partial charge in [0.15, 0.2) is 0 Å². The first-order chi connectivity index (χ1) is 5.43. The van der Waals surface area contributed by atoms with Gasteiger partial charge in [-0.3, -0.25) is 9.35 Å². The minimum Gasteiger partial charge on any atom is -0.280 e. The summed E-state index contributed by atoms with van der Waals surface area (Å²) in [6.45, 7) is 6.61. The average molecular weight is 190 g/mol. The first-order valence-corrected chi connectivity index (χ1v) is 4.62. The van der Waals surface area contributed by atoms with Crippen molar-refractivity contribution in [2.24, 2.45) is 5.92 Å². The third-order valence-corrected chi connectivity index (χ3v) is 2.07. The zero-order valence-corrected chi connectivity index (χ0v) is 7.25. The number of carbonyl (C=O) groups is 1. The number of rotatable bonds is 4. The normalized spacial score (nSPS) is 13.4. The molecule has 4 nitrogen and oxygen atoms in total. The fraction of sp³-hybridized carbons (Fsp3) is 0.286. The molecule has 0 saturated carbocycles. The maximum atomic E-state index is 10.8. The Kier molecular flexibility index (Phi) is 3.85. The predicted molar refractivity (Wildman–Crippen MR) is 45.1 cm³/mol. The highest BCUT2D eigenvalue weighted by molar-refractivity contribution is 8.01. The van der Waals surface area contributed by atoms with Crippen LogP contribution in [0, 0.1) is 5.92 Å². The van der Waals surface area contributed by atoms with Crippen molar-refractivity contribution >= 4 is 15.2 Å². The molecule has 0 aromatic heterocycles. The minimum absolute atomic E-state index is 0.155. The maximum absolute atomic E-state index is 10.8. The van der Waals surface area contributed by atoms with Crippen LogP contribution < -0.4 is 0 Å². The molecule has 0 heterocycles. The molecular formula is C7H10O4S. The molecule has 0 bridgehead atoms. The Morgan fingerprint density at radius 3 is 2.25 bits per heavy atom. The van der Waals surface area contributed by atoms with Crippen LogP contribution in [0.5, 0.6) is 0 Å². The third-order valence-electron chi connectivity index (χ3n) is 1.26. The van der Waals surface area contributed by atoms with Crippen molar-refractivity contribution in [3.63, 3.8) is 0 Å². The molecule has 0 aliphatic heterocycles. The smallest absolute Gasteiger partial charge is 0.280 e. The van der Waals surface area contributed by atoms with Crippen LogP contribution in [-0.2, 0) is 14.9 Å². The van der Waals surface area contributed by atoms with Crippen LogP contribution in [0.25, 0.3) is 0 Å². The molecule has 1 atom stereocenters. The molecule has 0 spiro atoms. The molecule has 0 rings (SSSR count). The lowest BCUT2D eigenvalue weighted by molar-refractivity contribution is -0.114. The second kappa shape index (κ2) is 4.18. The average Bonchev–Trinajstić information content (AvgIpc) is 1.97. The summed E-state index contributed by atoms with van der Waals surface area (Å²) >= 11 is 0. The number of hydrogen-bond donors (Lipinski definition) is 1. The van der Waals surface area contributed by atoms with E-state index in [1.165, 1.54) is 6.08 Å². The first kappa shape index (κ1) is 11.1. The van der Waals surface area contributed by atoms with Crippen LogP contribution in [0.1, 0.15) is 6.42 Å². The van der Waals surface area contributed by atoms with Crippen molar-refractivity contribution < 1.29 is 17.8 Å². The van der Waals surface area contributed by atoms with Gasteiger partial charge in [-0.1, -0.05) is 12.2 Å². The van der Waals surface area contributed by atoms with Crippen LogP contribution in [0.4, 0.5) is 0 Å². The van der Waals surface area contributed by atoms with E-state index in [4.69, 9.17) is 4.55 Å². The lowest BCUT2D eigenvalue weighted by Gasteiger charge is -2.04. The van der Waals surface area contributed by atoms with E-state index in [2.05, 4.69) is 13.2 Å². The summed E-state index contributed by atoms with van der Waals surface area (Å²) in [6.07, 6.45) is 2.70. The van der Waals surface area contributed by atoms with E-state index in [1.807, 2.05) is 0 Å². The number of allylic oxidation sites excluding steroid dienone is 2. The van der Waals surface area contributed by atoms with Crippen molar-refractivity contribution in [3.8, 4) is 0 Å². The van der Waals surface area contributed by atoms with Crippen molar-refractivity contribution in [1.29, 1.82) is 0 Å². The Hall–Kier alpha value is -0.940. The maximum Gasteiger partial charge on any atom is 0.329 e. The Morgan fingerprint density at radius 2 is 2.00 bits per heavy atom. The molecule has 0 aromatic rings. The van der Waals surface area contributed by atoms with Gasteiger partial charge < -0.3 is 0 Å². The number of carbonyl (C=O) groups excluding carboxylic acids is 1. The van der Waals surface area contributed by atoms with Crippen molar-refractivity contribution in [2.45, 2.75) is 6.42 Å². The fourth-order valence-electron chi connectivity index (χ4n) is 0.660. The first-order valence-electron chi connectivity index (χ1n) is 3.18. The van der Waals surface area contributed by atoms with Crippen molar-refractivity contribution in [1.82, 2.24) is 0 Å². The summed E-state index contributed by atoms with van der Waals surface area (Å²) < 4.78 is 29.0. The lowest BCUT2D eigenvalue weighted by Crippen LogP contribution is -2.21. The molecule has 0 radical (unpaired) electrons. The summed E-state index contributed by atoms with van der Waals surface area (Å²) in [5.74, 6) is -0.905. The fourth-order valence-corrected chi connectivity index (χ4v) is 1.23. The standard InChI is InChI=1S/C7H10O4S/c1-3-5-6(4-2)7(8)12(9,10)11/h3-4,6H,1-2,5H2,(H,9,10,11). The van der Waals surface area contributed by atoms with Gasteiger partial charge in [0.1, 0.15) is 0 Å². The molecule has 5 heteroatoms. The van der Waals surface area contributed by atoms with Gasteiger partial charge in [0, 0.05) is 0 Å². The minimum atomic E-state index is -4.59. The van der Waals surface area contributed by atoms with E-state index in [1.54, 1.807) is 0 Å². The molecule has 1 unspecified atom stereocenters. The van der Waals surface area contributed by atoms with E-state index in [0.717, 1.165) is 6.08 Å². The van der Waals surface area contributed by atoms with E-state index in [0.29, 0.717) is 0 Å². The summed E-state index contributed by atoms with van der Waals surface area (Å²) in [4.78, 5) is 10.8. The van der Waals surface area contributed by atoms with Gasteiger partial charge in [-0.25, -0.2) is 0 Å². The molecule has 68 valence electrons. The highest BCUT2D eigenvalue weighted by Gasteiger charge is 2.25. The van der Waals surface area contributed by atoms with Crippen LogP contribution in [-0.4, -0.2) is 18.1 Å². The Bertz CT molecular complexity index is 289. The van der Waals surface area contributed by atoms with Gasteiger partial charge in [-0.2, -0.15) is 8.42 Å². The van der Waals surface area contributed by atoms with Crippen molar-refractivity contribution in [3.05, 3.63) is 25.3 Å². The second-order valence-corrected chi connectivity index (χ2v) is 3.51. The zero-order valence-electron chi connectivity index (χ0n) is 6.43. The number of hydrogen-bond acceptors (Lipinski definition) is 3. The van der Waals surface area contributed by atoms with Crippen molar-refractivity contribution in [2.75, 3.05) is 0 Å². The molecular weight excluding hydrogens is 180 g/mol. The zero-order chi connectivity index (χ0) is 9.78. The molecule has 0 aromatic carbocycles. The molecule has 0 amide bonds. The van der Waals surface area contributed by atoms with E-state index in [9.17, 15) is 13.2 Å². The van der Waals surface area contributed by atoms with E-state index < -0.39 is 21.2 Å². The van der Waals surface area contributed by atoms with Crippen LogP contribution >= 0.6 is 0 Å².